The molecule has 1 atom stereocenters. The van der Waals surface area contributed by atoms with Crippen molar-refractivity contribution < 1.29 is 9.53 Å². The Bertz CT molecular complexity index is 635. The molecule has 5 heteroatoms. The van der Waals surface area contributed by atoms with Crippen LogP contribution in [0, 0.1) is 5.92 Å². The number of rotatable bonds is 4. The Balaban J connectivity index is 2.68. The zero-order valence-corrected chi connectivity index (χ0v) is 14.8. The van der Waals surface area contributed by atoms with Crippen LogP contribution in [-0.4, -0.2) is 24.6 Å². The first-order valence-electron chi connectivity index (χ1n) is 7.90. The molecular formula is C18H27N3O2. The summed E-state index contributed by atoms with van der Waals surface area (Å²) in [6.07, 6.45) is 2.20. The fourth-order valence-corrected chi connectivity index (χ4v) is 3.47. The Kier molecular flexibility index (Phi) is 4.71. The van der Waals surface area contributed by atoms with Gasteiger partial charge in [0.05, 0.1) is 12.6 Å². The fourth-order valence-electron chi connectivity index (χ4n) is 3.47. The molecule has 0 saturated heterocycles. The Morgan fingerprint density at radius 1 is 1.35 bits per heavy atom. The molecule has 1 aromatic carbocycles. The van der Waals surface area contributed by atoms with Crippen LogP contribution in [0.1, 0.15) is 40.2 Å². The number of nitrogens with two attached hydrogens (primary N) is 1. The highest BCUT2D eigenvalue weighted by Gasteiger charge is 2.40. The van der Waals surface area contributed by atoms with Gasteiger partial charge in [-0.1, -0.05) is 19.9 Å². The Morgan fingerprint density at radius 3 is 2.52 bits per heavy atom. The summed E-state index contributed by atoms with van der Waals surface area (Å²) >= 11 is 0. The molecule has 1 heterocycles. The van der Waals surface area contributed by atoms with Gasteiger partial charge in [0, 0.05) is 17.3 Å². The summed E-state index contributed by atoms with van der Waals surface area (Å²) in [6.45, 7) is 10.4. The molecule has 0 fully saturated rings. The second-order valence-corrected chi connectivity index (χ2v) is 6.93. The van der Waals surface area contributed by atoms with E-state index in [4.69, 9.17) is 10.6 Å². The number of benzene rings is 1. The van der Waals surface area contributed by atoms with E-state index in [1.165, 1.54) is 5.57 Å². The second kappa shape index (κ2) is 6.24. The highest BCUT2D eigenvalue weighted by molar-refractivity contribution is 5.90. The molecule has 1 unspecified atom stereocenters. The number of anilines is 1. The highest BCUT2D eigenvalue weighted by Crippen LogP contribution is 2.42. The predicted octanol–water partition coefficient (Wildman–Crippen LogP) is 2.71. The molecule has 0 bridgehead atoms. The number of fused-ring (bicyclic) bond motifs is 1. The van der Waals surface area contributed by atoms with Crippen LogP contribution < -0.4 is 20.9 Å². The molecule has 0 aliphatic carbocycles. The van der Waals surface area contributed by atoms with E-state index in [1.807, 2.05) is 32.0 Å². The highest BCUT2D eigenvalue weighted by atomic mass is 16.5. The largest absolute Gasteiger partial charge is 0.497 e. The molecule has 1 amide bonds. The third-order valence-corrected chi connectivity index (χ3v) is 4.40. The van der Waals surface area contributed by atoms with Crippen molar-refractivity contribution in [3.05, 3.63) is 29.8 Å². The van der Waals surface area contributed by atoms with Gasteiger partial charge in [0.1, 0.15) is 11.8 Å². The molecule has 0 radical (unpaired) electrons. The number of carbonyl (C=O) groups excluding carboxylic acids is 1. The van der Waals surface area contributed by atoms with Gasteiger partial charge in [0.25, 0.3) is 5.91 Å². The maximum atomic E-state index is 12.5. The Labute approximate surface area is 138 Å². The number of hydrogen-bond acceptors (Lipinski definition) is 4. The molecule has 1 aliphatic rings. The molecule has 5 nitrogen and oxygen atoms in total. The number of carbonyl (C=O) groups is 1. The van der Waals surface area contributed by atoms with Gasteiger partial charge in [-0.05, 0) is 44.4 Å². The van der Waals surface area contributed by atoms with Gasteiger partial charge in [-0.25, -0.2) is 5.84 Å². The summed E-state index contributed by atoms with van der Waals surface area (Å²) in [5.41, 5.74) is 5.31. The average Bonchev–Trinajstić information content (AvgIpc) is 2.49. The Hall–Kier alpha value is -2.01. The van der Waals surface area contributed by atoms with Gasteiger partial charge in [0.15, 0.2) is 0 Å². The number of hydrazine groups is 1. The number of methoxy groups -OCH3 is 1. The number of allylic oxidation sites excluding steroid dienone is 1. The molecule has 126 valence electrons. The van der Waals surface area contributed by atoms with Crippen molar-refractivity contribution in [2.45, 2.75) is 46.2 Å². The Morgan fingerprint density at radius 2 is 2.00 bits per heavy atom. The number of hydrogen-bond donors (Lipinski definition) is 2. The first-order valence-corrected chi connectivity index (χ1v) is 7.90. The van der Waals surface area contributed by atoms with E-state index < -0.39 is 0 Å². The molecule has 0 saturated carbocycles. The van der Waals surface area contributed by atoms with E-state index in [0.29, 0.717) is 0 Å². The zero-order valence-electron chi connectivity index (χ0n) is 14.8. The maximum absolute atomic E-state index is 12.5. The summed E-state index contributed by atoms with van der Waals surface area (Å²) in [4.78, 5) is 14.6. The molecule has 23 heavy (non-hydrogen) atoms. The lowest BCUT2D eigenvalue weighted by Crippen LogP contribution is -2.59. The molecule has 0 aromatic heterocycles. The number of amides is 1. The van der Waals surface area contributed by atoms with Crippen molar-refractivity contribution in [2.24, 2.45) is 11.8 Å². The third-order valence-electron chi connectivity index (χ3n) is 4.40. The molecule has 3 N–H and O–H groups in total. The third kappa shape index (κ3) is 3.06. The van der Waals surface area contributed by atoms with E-state index in [2.05, 4.69) is 37.2 Å². The van der Waals surface area contributed by atoms with Crippen LogP contribution in [0.15, 0.2) is 24.3 Å². The van der Waals surface area contributed by atoms with Gasteiger partial charge >= 0.3 is 0 Å². The lowest BCUT2D eigenvalue weighted by Gasteiger charge is -2.48. The summed E-state index contributed by atoms with van der Waals surface area (Å²) in [5, 5.41) is 0. The first-order chi connectivity index (χ1) is 10.7. The monoisotopic (exact) mass is 317 g/mol. The van der Waals surface area contributed by atoms with Crippen LogP contribution in [0.3, 0.4) is 0 Å². The van der Waals surface area contributed by atoms with Crippen molar-refractivity contribution in [2.75, 3.05) is 12.0 Å². The van der Waals surface area contributed by atoms with Crippen LogP contribution in [-0.2, 0) is 4.79 Å². The summed E-state index contributed by atoms with van der Waals surface area (Å²) in [5.74, 6) is 6.13. The smallest absolute Gasteiger partial charge is 0.256 e. The van der Waals surface area contributed by atoms with Crippen molar-refractivity contribution in [3.63, 3.8) is 0 Å². The van der Waals surface area contributed by atoms with Gasteiger partial charge < -0.3 is 9.64 Å². The summed E-state index contributed by atoms with van der Waals surface area (Å²) in [7, 11) is 1.65. The van der Waals surface area contributed by atoms with Crippen LogP contribution in [0.4, 0.5) is 5.69 Å². The van der Waals surface area contributed by atoms with Crippen molar-refractivity contribution in [1.29, 1.82) is 0 Å². The molecule has 2 rings (SSSR count). The second-order valence-electron chi connectivity index (χ2n) is 6.93. The fraction of sp³-hybridized carbons (Fsp3) is 0.500. The lowest BCUT2D eigenvalue weighted by molar-refractivity contribution is -0.123. The molecular weight excluding hydrogens is 290 g/mol. The minimum absolute atomic E-state index is 0.101. The van der Waals surface area contributed by atoms with E-state index in [-0.39, 0.29) is 23.4 Å². The van der Waals surface area contributed by atoms with Crippen molar-refractivity contribution >= 4 is 17.2 Å². The lowest BCUT2D eigenvalue weighted by atomic mass is 9.85. The standard InChI is InChI=1S/C18H27N3O2/c1-11(2)16(17(22)20-19)21-15-9-13(23-6)7-8-14(15)12(3)10-18(21,4)5/h7-11,16H,19H2,1-6H3,(H,20,22). The van der Waals surface area contributed by atoms with Crippen LogP contribution in [0.2, 0.25) is 0 Å². The van der Waals surface area contributed by atoms with Crippen LogP contribution >= 0.6 is 0 Å². The number of nitrogens with one attached hydrogen (secondary N) is 1. The number of nitrogens with zero attached hydrogens (tertiary/aromatic N) is 1. The minimum atomic E-state index is -0.370. The first kappa shape index (κ1) is 17.3. The quantitative estimate of drug-likeness (QED) is 0.509. The van der Waals surface area contributed by atoms with Gasteiger partial charge in [0.2, 0.25) is 0 Å². The van der Waals surface area contributed by atoms with Gasteiger partial charge in [-0.3, -0.25) is 10.2 Å². The predicted molar refractivity (Wildman–Crippen MR) is 94.2 cm³/mol. The van der Waals surface area contributed by atoms with E-state index in [1.54, 1.807) is 7.11 Å². The minimum Gasteiger partial charge on any atom is -0.497 e. The normalized spacial score (nSPS) is 17.4. The molecule has 1 aliphatic heterocycles. The van der Waals surface area contributed by atoms with E-state index >= 15 is 0 Å². The van der Waals surface area contributed by atoms with Gasteiger partial charge in [-0.2, -0.15) is 0 Å². The molecule has 0 spiro atoms. The zero-order chi connectivity index (χ0) is 17.4. The topological polar surface area (TPSA) is 67.6 Å². The van der Waals surface area contributed by atoms with Crippen LogP contribution in [0.5, 0.6) is 5.75 Å². The van der Waals surface area contributed by atoms with Crippen molar-refractivity contribution in [3.8, 4) is 5.75 Å². The summed E-state index contributed by atoms with van der Waals surface area (Å²) < 4.78 is 5.39. The van der Waals surface area contributed by atoms with Gasteiger partial charge in [-0.15, -0.1) is 0 Å². The summed E-state index contributed by atoms with van der Waals surface area (Å²) in [6, 6.07) is 5.61. The maximum Gasteiger partial charge on any atom is 0.256 e. The SMILES string of the molecule is COc1ccc2c(c1)N(C(C(=O)NN)C(C)C)C(C)(C)C=C2C. The van der Waals surface area contributed by atoms with Crippen LogP contribution in [0.25, 0.3) is 5.57 Å². The van der Waals surface area contributed by atoms with E-state index in [0.717, 1.165) is 17.0 Å². The van der Waals surface area contributed by atoms with Crippen molar-refractivity contribution in [1.82, 2.24) is 5.43 Å². The van der Waals surface area contributed by atoms with E-state index in [9.17, 15) is 4.79 Å². The number of ether oxygens (including phenoxy) is 1. The average molecular weight is 317 g/mol. The molecule has 1 aromatic rings.